The smallest absolute Gasteiger partial charge is 0.192 e. The molecule has 2 aromatic heterocycles. The molecule has 0 aliphatic heterocycles. The van der Waals surface area contributed by atoms with E-state index in [9.17, 15) is 0 Å². The standard InChI is InChI=1S/C12H13N5OS/c1-7-6-9(19-12-14-4-3-5-15-12)10(8(2)16-7)11(13)17-18/h3-6,18H,1-2H3,(H2,13,17). The van der Waals surface area contributed by atoms with Gasteiger partial charge in [-0.1, -0.05) is 5.16 Å². The van der Waals surface area contributed by atoms with Crippen molar-refractivity contribution in [1.29, 1.82) is 0 Å². The van der Waals surface area contributed by atoms with Gasteiger partial charge >= 0.3 is 0 Å². The maximum atomic E-state index is 8.87. The Morgan fingerprint density at radius 3 is 2.63 bits per heavy atom. The van der Waals surface area contributed by atoms with E-state index in [1.165, 1.54) is 11.8 Å². The fraction of sp³-hybridized carbons (Fsp3) is 0.167. The first kappa shape index (κ1) is 13.3. The molecule has 0 saturated heterocycles. The lowest BCUT2D eigenvalue weighted by Crippen LogP contribution is -2.17. The van der Waals surface area contributed by atoms with Crippen molar-refractivity contribution in [1.82, 2.24) is 15.0 Å². The molecule has 2 heterocycles. The third-order valence-corrected chi connectivity index (χ3v) is 3.33. The number of pyridine rings is 1. The van der Waals surface area contributed by atoms with Crippen LogP contribution in [0.25, 0.3) is 0 Å². The van der Waals surface area contributed by atoms with Crippen LogP contribution in [-0.4, -0.2) is 26.0 Å². The average molecular weight is 275 g/mol. The predicted octanol–water partition coefficient (Wildman–Crippen LogP) is 1.73. The van der Waals surface area contributed by atoms with Crippen LogP contribution in [0, 0.1) is 13.8 Å². The molecule has 6 nitrogen and oxygen atoms in total. The van der Waals surface area contributed by atoms with Gasteiger partial charge in [0.25, 0.3) is 0 Å². The Balaban J connectivity index is 2.49. The number of nitrogens with two attached hydrogens (primary N) is 1. The summed E-state index contributed by atoms with van der Waals surface area (Å²) in [4.78, 5) is 13.4. The fourth-order valence-corrected chi connectivity index (χ4v) is 2.68. The molecule has 0 aromatic carbocycles. The Kier molecular flexibility index (Phi) is 3.96. The minimum absolute atomic E-state index is 0.0310. The molecular weight excluding hydrogens is 262 g/mol. The summed E-state index contributed by atoms with van der Waals surface area (Å²) in [6, 6.07) is 3.61. The number of hydrogen-bond acceptors (Lipinski definition) is 6. The molecule has 3 N–H and O–H groups in total. The lowest BCUT2D eigenvalue weighted by molar-refractivity contribution is 0.318. The normalized spacial score (nSPS) is 11.6. The van der Waals surface area contributed by atoms with Crippen LogP contribution in [-0.2, 0) is 0 Å². The number of hydrogen-bond donors (Lipinski definition) is 2. The van der Waals surface area contributed by atoms with Crippen LogP contribution in [0.3, 0.4) is 0 Å². The highest BCUT2D eigenvalue weighted by molar-refractivity contribution is 7.99. The highest BCUT2D eigenvalue weighted by atomic mass is 32.2. The van der Waals surface area contributed by atoms with Gasteiger partial charge in [-0.15, -0.1) is 0 Å². The van der Waals surface area contributed by atoms with Crippen molar-refractivity contribution in [3.63, 3.8) is 0 Å². The molecule has 2 rings (SSSR count). The van der Waals surface area contributed by atoms with E-state index < -0.39 is 0 Å². The molecular formula is C12H13N5OS. The van der Waals surface area contributed by atoms with Crippen LogP contribution in [0.2, 0.25) is 0 Å². The molecule has 0 atom stereocenters. The van der Waals surface area contributed by atoms with E-state index in [0.717, 1.165) is 10.6 Å². The number of oxime groups is 1. The third kappa shape index (κ3) is 3.00. The average Bonchev–Trinajstić information content (AvgIpc) is 2.38. The van der Waals surface area contributed by atoms with Crippen molar-refractivity contribution < 1.29 is 5.21 Å². The molecule has 0 bridgehead atoms. The Morgan fingerprint density at radius 2 is 2.00 bits per heavy atom. The second kappa shape index (κ2) is 5.66. The van der Waals surface area contributed by atoms with Crippen molar-refractivity contribution in [3.05, 3.63) is 41.5 Å². The van der Waals surface area contributed by atoms with Crippen LogP contribution in [0.15, 0.2) is 39.7 Å². The van der Waals surface area contributed by atoms with Crippen LogP contribution >= 0.6 is 11.8 Å². The molecule has 0 amide bonds. The Bertz CT molecular complexity index is 615. The Labute approximate surface area is 114 Å². The highest BCUT2D eigenvalue weighted by Gasteiger charge is 2.14. The van der Waals surface area contributed by atoms with Gasteiger partial charge in [0.2, 0.25) is 0 Å². The Hall–Kier alpha value is -2.15. The monoisotopic (exact) mass is 275 g/mol. The summed E-state index contributed by atoms with van der Waals surface area (Å²) in [5, 5.41) is 12.5. The molecule has 2 aromatic rings. The number of aryl methyl sites for hydroxylation is 2. The Morgan fingerprint density at radius 1 is 1.32 bits per heavy atom. The van der Waals surface area contributed by atoms with Gasteiger partial charge in [0.15, 0.2) is 11.0 Å². The first-order valence-corrected chi connectivity index (χ1v) is 6.34. The first-order valence-electron chi connectivity index (χ1n) is 5.53. The second-order valence-electron chi connectivity index (χ2n) is 3.84. The summed E-state index contributed by atoms with van der Waals surface area (Å²) in [5.41, 5.74) is 7.86. The van der Waals surface area contributed by atoms with Gasteiger partial charge in [-0.25, -0.2) is 9.97 Å². The van der Waals surface area contributed by atoms with Crippen LogP contribution in [0.4, 0.5) is 0 Å². The van der Waals surface area contributed by atoms with Crippen LogP contribution < -0.4 is 5.73 Å². The third-order valence-electron chi connectivity index (χ3n) is 2.40. The number of aromatic nitrogens is 3. The SMILES string of the molecule is Cc1cc(Sc2ncccn2)c(/C(N)=N/O)c(C)n1. The minimum atomic E-state index is 0.0310. The van der Waals surface area contributed by atoms with Gasteiger partial charge in [-0.05, 0) is 37.7 Å². The predicted molar refractivity (Wildman–Crippen MR) is 72.4 cm³/mol. The summed E-state index contributed by atoms with van der Waals surface area (Å²) < 4.78 is 0. The van der Waals surface area contributed by atoms with E-state index >= 15 is 0 Å². The lowest BCUT2D eigenvalue weighted by atomic mass is 10.1. The second-order valence-corrected chi connectivity index (χ2v) is 4.85. The van der Waals surface area contributed by atoms with Crippen LogP contribution in [0.1, 0.15) is 17.0 Å². The van der Waals surface area contributed by atoms with E-state index in [1.807, 2.05) is 19.9 Å². The zero-order chi connectivity index (χ0) is 13.8. The van der Waals surface area contributed by atoms with Gasteiger partial charge in [0.1, 0.15) is 0 Å². The van der Waals surface area contributed by atoms with Gasteiger partial charge in [-0.3, -0.25) is 4.98 Å². The first-order chi connectivity index (χ1) is 9.11. The van der Waals surface area contributed by atoms with Gasteiger partial charge < -0.3 is 10.9 Å². The van der Waals surface area contributed by atoms with E-state index in [0.29, 0.717) is 16.4 Å². The molecule has 0 aliphatic carbocycles. The number of rotatable bonds is 3. The van der Waals surface area contributed by atoms with Crippen molar-refractivity contribution in [3.8, 4) is 0 Å². The summed E-state index contributed by atoms with van der Waals surface area (Å²) in [6.07, 6.45) is 3.33. The van der Waals surface area contributed by atoms with E-state index in [2.05, 4.69) is 20.1 Å². The lowest BCUT2D eigenvalue weighted by Gasteiger charge is -2.10. The molecule has 7 heteroatoms. The maximum Gasteiger partial charge on any atom is 0.192 e. The van der Waals surface area contributed by atoms with E-state index in [-0.39, 0.29) is 5.84 Å². The van der Waals surface area contributed by atoms with Crippen LogP contribution in [0.5, 0.6) is 0 Å². The highest BCUT2D eigenvalue weighted by Crippen LogP contribution is 2.29. The summed E-state index contributed by atoms with van der Waals surface area (Å²) in [7, 11) is 0. The maximum absolute atomic E-state index is 8.87. The quantitative estimate of drug-likeness (QED) is 0.291. The summed E-state index contributed by atoms with van der Waals surface area (Å²) in [6.45, 7) is 3.70. The molecule has 98 valence electrons. The van der Waals surface area contributed by atoms with Gasteiger partial charge in [0, 0.05) is 28.7 Å². The van der Waals surface area contributed by atoms with Gasteiger partial charge in [-0.2, -0.15) is 0 Å². The molecule has 19 heavy (non-hydrogen) atoms. The van der Waals surface area contributed by atoms with E-state index in [1.54, 1.807) is 18.5 Å². The molecule has 0 aliphatic rings. The van der Waals surface area contributed by atoms with Crippen molar-refractivity contribution >= 4 is 17.6 Å². The molecule has 0 fully saturated rings. The topological polar surface area (TPSA) is 97.3 Å². The van der Waals surface area contributed by atoms with Crippen molar-refractivity contribution in [2.75, 3.05) is 0 Å². The van der Waals surface area contributed by atoms with Crippen molar-refractivity contribution in [2.24, 2.45) is 10.9 Å². The molecule has 0 unspecified atom stereocenters. The molecule has 0 radical (unpaired) electrons. The van der Waals surface area contributed by atoms with Crippen molar-refractivity contribution in [2.45, 2.75) is 23.9 Å². The molecule has 0 spiro atoms. The largest absolute Gasteiger partial charge is 0.409 e. The zero-order valence-electron chi connectivity index (χ0n) is 10.5. The number of amidine groups is 1. The fourth-order valence-electron chi connectivity index (χ4n) is 1.67. The molecule has 0 saturated carbocycles. The number of nitrogens with zero attached hydrogens (tertiary/aromatic N) is 4. The van der Waals surface area contributed by atoms with Gasteiger partial charge in [0.05, 0.1) is 5.56 Å². The summed E-state index contributed by atoms with van der Waals surface area (Å²) >= 11 is 1.35. The van der Waals surface area contributed by atoms with E-state index in [4.69, 9.17) is 10.9 Å². The summed E-state index contributed by atoms with van der Waals surface area (Å²) in [5.74, 6) is 0.0310. The zero-order valence-corrected chi connectivity index (χ0v) is 11.3. The minimum Gasteiger partial charge on any atom is -0.409 e.